The summed E-state index contributed by atoms with van der Waals surface area (Å²) >= 11 is 0. The molecule has 1 aromatic rings. The van der Waals surface area contributed by atoms with E-state index in [1.807, 2.05) is 24.3 Å². The second kappa shape index (κ2) is 4.38. The molecule has 0 unspecified atom stereocenters. The molecule has 0 atom stereocenters. The molecule has 0 aliphatic rings. The van der Waals surface area contributed by atoms with E-state index < -0.39 is 0 Å². The summed E-state index contributed by atoms with van der Waals surface area (Å²) in [6.07, 6.45) is 1.37. The smallest absolute Gasteiger partial charge is 0.174 e. The van der Waals surface area contributed by atoms with Crippen LogP contribution in [-0.2, 0) is 4.74 Å². The number of nitrogens with zero attached hydrogens (tertiary/aromatic N) is 1. The van der Waals surface area contributed by atoms with Crippen LogP contribution in [0.4, 0.5) is 5.69 Å². The Hall–Kier alpha value is -1.51. The van der Waals surface area contributed by atoms with E-state index in [0.29, 0.717) is 0 Å². The van der Waals surface area contributed by atoms with Crippen LogP contribution in [-0.4, -0.2) is 20.6 Å². The minimum absolute atomic E-state index is 0.741. The van der Waals surface area contributed by atoms with Crippen molar-refractivity contribution in [2.45, 2.75) is 0 Å². The second-order valence-electron chi connectivity index (χ2n) is 2.14. The number of ether oxygens (including phenoxy) is 2. The van der Waals surface area contributed by atoms with Crippen molar-refractivity contribution >= 4 is 12.1 Å². The molecule has 0 aromatic heterocycles. The van der Waals surface area contributed by atoms with E-state index in [4.69, 9.17) is 9.47 Å². The summed E-state index contributed by atoms with van der Waals surface area (Å²) in [5.41, 5.74) is 0.766. The summed E-state index contributed by atoms with van der Waals surface area (Å²) in [5, 5.41) is 0. The normalized spacial score (nSPS) is 10.2. The summed E-state index contributed by atoms with van der Waals surface area (Å²) in [7, 11) is 3.17. The van der Waals surface area contributed by atoms with Crippen molar-refractivity contribution in [1.29, 1.82) is 0 Å². The van der Waals surface area contributed by atoms with Gasteiger partial charge in [-0.05, 0) is 12.1 Å². The summed E-state index contributed by atoms with van der Waals surface area (Å²) in [6.45, 7) is 0. The van der Waals surface area contributed by atoms with E-state index in [1.54, 1.807) is 14.2 Å². The van der Waals surface area contributed by atoms with E-state index in [9.17, 15) is 0 Å². The maximum Gasteiger partial charge on any atom is 0.174 e. The van der Waals surface area contributed by atoms with Crippen molar-refractivity contribution in [3.05, 3.63) is 24.3 Å². The monoisotopic (exact) mass is 165 g/mol. The van der Waals surface area contributed by atoms with Gasteiger partial charge in [0.15, 0.2) is 6.40 Å². The van der Waals surface area contributed by atoms with Crippen LogP contribution in [0.3, 0.4) is 0 Å². The molecule has 0 saturated heterocycles. The number of methoxy groups -OCH3 is 2. The molecule has 0 saturated carbocycles. The van der Waals surface area contributed by atoms with Crippen LogP contribution in [0.5, 0.6) is 5.75 Å². The maximum absolute atomic E-state index is 5.07. The molecule has 3 nitrogen and oxygen atoms in total. The van der Waals surface area contributed by atoms with E-state index in [1.165, 1.54) is 6.40 Å². The Morgan fingerprint density at radius 1 is 1.25 bits per heavy atom. The first-order chi connectivity index (χ1) is 5.88. The van der Waals surface area contributed by atoms with Gasteiger partial charge in [-0.25, -0.2) is 4.99 Å². The number of aliphatic imine (C=N–C) groups is 1. The first-order valence-corrected chi connectivity index (χ1v) is 3.57. The summed E-state index contributed by atoms with van der Waals surface area (Å²) < 4.78 is 9.77. The molecule has 12 heavy (non-hydrogen) atoms. The predicted octanol–water partition coefficient (Wildman–Crippen LogP) is 2.00. The molecular formula is C9H11NO2. The van der Waals surface area contributed by atoms with Crippen molar-refractivity contribution in [2.75, 3.05) is 14.2 Å². The Morgan fingerprint density at radius 3 is 2.67 bits per heavy atom. The number of rotatable bonds is 3. The molecule has 0 spiro atoms. The predicted molar refractivity (Wildman–Crippen MR) is 48.2 cm³/mol. The Labute approximate surface area is 71.6 Å². The standard InChI is InChI=1S/C9H11NO2/c1-11-7-10-8-5-3-4-6-9(8)12-2/h3-7H,1-2H3. The lowest BCUT2D eigenvalue weighted by Crippen LogP contribution is -1.83. The first-order valence-electron chi connectivity index (χ1n) is 3.57. The third kappa shape index (κ3) is 1.99. The van der Waals surface area contributed by atoms with Gasteiger partial charge in [-0.15, -0.1) is 0 Å². The molecule has 0 bridgehead atoms. The molecule has 3 heteroatoms. The number of para-hydroxylation sites is 2. The lowest BCUT2D eigenvalue weighted by atomic mass is 10.3. The minimum Gasteiger partial charge on any atom is -0.494 e. The van der Waals surface area contributed by atoms with Gasteiger partial charge in [-0.2, -0.15) is 0 Å². The number of hydrogen-bond acceptors (Lipinski definition) is 3. The zero-order valence-electron chi connectivity index (χ0n) is 7.15. The van der Waals surface area contributed by atoms with Gasteiger partial charge < -0.3 is 9.47 Å². The van der Waals surface area contributed by atoms with Crippen LogP contribution in [0, 0.1) is 0 Å². The molecule has 0 radical (unpaired) electrons. The van der Waals surface area contributed by atoms with Crippen molar-refractivity contribution in [3.8, 4) is 5.75 Å². The minimum atomic E-state index is 0.741. The van der Waals surface area contributed by atoms with Crippen LogP contribution < -0.4 is 4.74 Å². The first kappa shape index (κ1) is 8.59. The topological polar surface area (TPSA) is 30.8 Å². The van der Waals surface area contributed by atoms with Gasteiger partial charge >= 0.3 is 0 Å². The molecule has 0 N–H and O–H groups in total. The molecule has 0 aliphatic heterocycles. The molecule has 0 fully saturated rings. The van der Waals surface area contributed by atoms with Gasteiger partial charge in [0, 0.05) is 0 Å². The van der Waals surface area contributed by atoms with Crippen LogP contribution >= 0.6 is 0 Å². The van der Waals surface area contributed by atoms with E-state index in [2.05, 4.69) is 4.99 Å². The molecule has 1 rings (SSSR count). The average molecular weight is 165 g/mol. The zero-order valence-corrected chi connectivity index (χ0v) is 7.15. The molecule has 0 heterocycles. The third-order valence-electron chi connectivity index (χ3n) is 1.38. The Morgan fingerprint density at radius 2 is 2.00 bits per heavy atom. The lowest BCUT2D eigenvalue weighted by molar-refractivity contribution is 0.412. The SMILES string of the molecule is COC=Nc1ccccc1OC. The fourth-order valence-electron chi connectivity index (χ4n) is 0.846. The Bertz CT molecular complexity index is 271. The van der Waals surface area contributed by atoms with Crippen LogP contribution in [0.15, 0.2) is 29.3 Å². The van der Waals surface area contributed by atoms with Gasteiger partial charge in [-0.1, -0.05) is 12.1 Å². The highest BCUT2D eigenvalue weighted by Crippen LogP contribution is 2.25. The molecule has 64 valence electrons. The molecular weight excluding hydrogens is 154 g/mol. The van der Waals surface area contributed by atoms with Gasteiger partial charge in [-0.3, -0.25) is 0 Å². The van der Waals surface area contributed by atoms with E-state index in [-0.39, 0.29) is 0 Å². The highest BCUT2D eigenvalue weighted by Gasteiger charge is 1.96. The number of benzene rings is 1. The van der Waals surface area contributed by atoms with Crippen LogP contribution in [0.1, 0.15) is 0 Å². The van der Waals surface area contributed by atoms with Gasteiger partial charge in [0.1, 0.15) is 11.4 Å². The summed E-state index contributed by atoms with van der Waals surface area (Å²) in [5.74, 6) is 0.741. The molecule has 1 aromatic carbocycles. The van der Waals surface area contributed by atoms with Crippen LogP contribution in [0.2, 0.25) is 0 Å². The largest absolute Gasteiger partial charge is 0.494 e. The highest BCUT2D eigenvalue weighted by molar-refractivity contribution is 5.60. The fraction of sp³-hybridized carbons (Fsp3) is 0.222. The molecule has 0 aliphatic carbocycles. The van der Waals surface area contributed by atoms with Crippen molar-refractivity contribution in [3.63, 3.8) is 0 Å². The maximum atomic E-state index is 5.07. The zero-order chi connectivity index (χ0) is 8.81. The third-order valence-corrected chi connectivity index (χ3v) is 1.38. The second-order valence-corrected chi connectivity index (χ2v) is 2.14. The summed E-state index contributed by atoms with van der Waals surface area (Å²) in [4.78, 5) is 4.02. The van der Waals surface area contributed by atoms with Gasteiger partial charge in [0.2, 0.25) is 0 Å². The fourth-order valence-corrected chi connectivity index (χ4v) is 0.846. The van der Waals surface area contributed by atoms with Crippen LogP contribution in [0.25, 0.3) is 0 Å². The number of hydrogen-bond donors (Lipinski definition) is 0. The highest BCUT2D eigenvalue weighted by atomic mass is 16.5. The van der Waals surface area contributed by atoms with Gasteiger partial charge in [0.05, 0.1) is 14.2 Å². The van der Waals surface area contributed by atoms with Gasteiger partial charge in [0.25, 0.3) is 0 Å². The Balaban J connectivity index is 2.89. The summed E-state index contributed by atoms with van der Waals surface area (Å²) in [6, 6.07) is 7.49. The van der Waals surface area contributed by atoms with Crippen molar-refractivity contribution < 1.29 is 9.47 Å². The Kier molecular flexibility index (Phi) is 3.14. The van der Waals surface area contributed by atoms with E-state index >= 15 is 0 Å². The van der Waals surface area contributed by atoms with Crippen molar-refractivity contribution in [2.24, 2.45) is 4.99 Å². The lowest BCUT2D eigenvalue weighted by Gasteiger charge is -2.01. The molecule has 0 amide bonds. The van der Waals surface area contributed by atoms with E-state index in [0.717, 1.165) is 11.4 Å². The quantitative estimate of drug-likeness (QED) is 0.506. The average Bonchev–Trinajstić information content (AvgIpc) is 2.15. The van der Waals surface area contributed by atoms with Crippen molar-refractivity contribution in [1.82, 2.24) is 0 Å².